The second-order valence-corrected chi connectivity index (χ2v) is 9.50. The van der Waals surface area contributed by atoms with Crippen LogP contribution < -0.4 is 5.56 Å². The number of carbonyl (C=O) groups excluding carboxylic acids is 1. The van der Waals surface area contributed by atoms with Crippen LogP contribution in [0.25, 0.3) is 0 Å². The first kappa shape index (κ1) is 21.2. The first-order valence-corrected chi connectivity index (χ1v) is 12.1. The van der Waals surface area contributed by atoms with Crippen molar-refractivity contribution in [3.05, 3.63) is 69.6 Å². The smallest absolute Gasteiger partial charge is 0.263 e. The van der Waals surface area contributed by atoms with Crippen LogP contribution >= 0.6 is 11.8 Å². The van der Waals surface area contributed by atoms with Crippen LogP contribution in [0.15, 0.2) is 47.4 Å². The molecule has 4 rings (SSSR count). The van der Waals surface area contributed by atoms with E-state index in [0.717, 1.165) is 51.0 Å². The van der Waals surface area contributed by atoms with Crippen LogP contribution in [0.2, 0.25) is 0 Å². The number of pyridine rings is 1. The Bertz CT molecular complexity index is 914. The van der Waals surface area contributed by atoms with Gasteiger partial charge >= 0.3 is 0 Å². The molecule has 0 unspecified atom stereocenters. The highest BCUT2D eigenvalue weighted by atomic mass is 32.2. The van der Waals surface area contributed by atoms with Gasteiger partial charge in [0.25, 0.3) is 11.5 Å². The summed E-state index contributed by atoms with van der Waals surface area (Å²) in [5, 5.41) is 0. The number of piperidine rings is 1. The molecule has 0 bridgehead atoms. The minimum Gasteiger partial charge on any atom is -0.338 e. The molecule has 0 aliphatic carbocycles. The van der Waals surface area contributed by atoms with Gasteiger partial charge in [0, 0.05) is 56.5 Å². The fourth-order valence-corrected chi connectivity index (χ4v) is 5.46. The average Bonchev–Trinajstić information content (AvgIpc) is 2.80. The van der Waals surface area contributed by atoms with Crippen molar-refractivity contribution < 1.29 is 4.79 Å². The lowest BCUT2D eigenvalue weighted by atomic mass is 10.0. The SMILES string of the molecule is Cc1ccn(CCc2ccccc2)c(=O)c1C(=O)N1CCC(N2CCSCC2)CC1. The maximum Gasteiger partial charge on any atom is 0.263 e. The van der Waals surface area contributed by atoms with E-state index >= 15 is 0 Å². The summed E-state index contributed by atoms with van der Waals surface area (Å²) in [5.41, 5.74) is 2.15. The van der Waals surface area contributed by atoms with E-state index in [0.29, 0.717) is 18.2 Å². The molecule has 2 saturated heterocycles. The Morgan fingerprint density at radius 3 is 2.43 bits per heavy atom. The molecular weight excluding hydrogens is 394 g/mol. The second-order valence-electron chi connectivity index (χ2n) is 8.28. The highest BCUT2D eigenvalue weighted by Crippen LogP contribution is 2.21. The Labute approximate surface area is 183 Å². The third-order valence-electron chi connectivity index (χ3n) is 6.39. The Morgan fingerprint density at radius 2 is 1.73 bits per heavy atom. The van der Waals surface area contributed by atoms with Gasteiger partial charge in [-0.3, -0.25) is 14.5 Å². The van der Waals surface area contributed by atoms with Crippen molar-refractivity contribution in [3.8, 4) is 0 Å². The van der Waals surface area contributed by atoms with Gasteiger partial charge in [-0.1, -0.05) is 30.3 Å². The Morgan fingerprint density at radius 1 is 1.03 bits per heavy atom. The molecule has 0 spiro atoms. The molecule has 2 aliphatic heterocycles. The monoisotopic (exact) mass is 425 g/mol. The van der Waals surface area contributed by atoms with E-state index in [2.05, 4.69) is 17.0 Å². The van der Waals surface area contributed by atoms with Gasteiger partial charge in [-0.25, -0.2) is 0 Å². The molecule has 160 valence electrons. The van der Waals surface area contributed by atoms with Crippen LogP contribution in [0.1, 0.15) is 34.3 Å². The molecule has 6 heteroatoms. The Balaban J connectivity index is 1.43. The van der Waals surface area contributed by atoms with Crippen molar-refractivity contribution >= 4 is 17.7 Å². The van der Waals surface area contributed by atoms with Gasteiger partial charge in [0.05, 0.1) is 0 Å². The number of hydrogen-bond donors (Lipinski definition) is 0. The quantitative estimate of drug-likeness (QED) is 0.739. The lowest BCUT2D eigenvalue weighted by Gasteiger charge is -2.40. The summed E-state index contributed by atoms with van der Waals surface area (Å²) in [4.78, 5) is 30.8. The highest BCUT2D eigenvalue weighted by Gasteiger charge is 2.29. The van der Waals surface area contributed by atoms with Crippen molar-refractivity contribution in [2.24, 2.45) is 0 Å². The van der Waals surface area contributed by atoms with Crippen molar-refractivity contribution in [3.63, 3.8) is 0 Å². The maximum atomic E-state index is 13.2. The molecule has 0 N–H and O–H groups in total. The molecule has 2 aromatic rings. The predicted octanol–water partition coefficient (Wildman–Crippen LogP) is 3.05. The Hall–Kier alpha value is -2.05. The zero-order chi connectivity index (χ0) is 20.9. The average molecular weight is 426 g/mol. The predicted molar refractivity (Wildman–Crippen MR) is 123 cm³/mol. The van der Waals surface area contributed by atoms with Crippen LogP contribution in [0.5, 0.6) is 0 Å². The zero-order valence-electron chi connectivity index (χ0n) is 17.8. The molecule has 2 fully saturated rings. The van der Waals surface area contributed by atoms with Crippen molar-refractivity contribution in [1.82, 2.24) is 14.4 Å². The summed E-state index contributed by atoms with van der Waals surface area (Å²) >= 11 is 2.03. The topological polar surface area (TPSA) is 45.6 Å². The standard InChI is InChI=1S/C24H31N3O2S/c1-19-7-11-26(12-8-20-5-3-2-4-6-20)23(28)22(19)24(29)27-13-9-21(10-14-27)25-15-17-30-18-16-25/h2-7,11,21H,8-10,12-18H2,1H3. The summed E-state index contributed by atoms with van der Waals surface area (Å²) in [6.45, 7) is 6.25. The van der Waals surface area contributed by atoms with E-state index in [1.54, 1.807) is 4.57 Å². The van der Waals surface area contributed by atoms with Gasteiger partial charge in [-0.2, -0.15) is 11.8 Å². The Kier molecular flexibility index (Phi) is 6.95. The normalized spacial score (nSPS) is 18.5. The highest BCUT2D eigenvalue weighted by molar-refractivity contribution is 7.99. The fraction of sp³-hybridized carbons (Fsp3) is 0.500. The largest absolute Gasteiger partial charge is 0.338 e. The summed E-state index contributed by atoms with van der Waals surface area (Å²) < 4.78 is 1.69. The number of benzene rings is 1. The summed E-state index contributed by atoms with van der Waals surface area (Å²) in [5.74, 6) is 2.33. The molecular formula is C24H31N3O2S. The molecule has 0 radical (unpaired) electrons. The molecule has 0 atom stereocenters. The maximum absolute atomic E-state index is 13.2. The zero-order valence-corrected chi connectivity index (χ0v) is 18.6. The number of aryl methyl sites for hydroxylation is 3. The number of aromatic nitrogens is 1. The molecule has 2 aliphatic rings. The minimum atomic E-state index is -0.161. The van der Waals surface area contributed by atoms with Crippen LogP contribution in [0.3, 0.4) is 0 Å². The van der Waals surface area contributed by atoms with Gasteiger partial charge in [0.2, 0.25) is 0 Å². The number of likely N-dealkylation sites (tertiary alicyclic amines) is 1. The summed E-state index contributed by atoms with van der Waals surface area (Å²) in [6.07, 6.45) is 4.60. The third-order valence-corrected chi connectivity index (χ3v) is 7.33. The van der Waals surface area contributed by atoms with Gasteiger partial charge in [0.15, 0.2) is 0 Å². The summed E-state index contributed by atoms with van der Waals surface area (Å²) in [6, 6.07) is 12.6. The van der Waals surface area contributed by atoms with Crippen molar-refractivity contribution in [2.45, 2.75) is 38.8 Å². The van der Waals surface area contributed by atoms with E-state index in [9.17, 15) is 9.59 Å². The number of hydrogen-bond acceptors (Lipinski definition) is 4. The third kappa shape index (κ3) is 4.81. The molecule has 5 nitrogen and oxygen atoms in total. The molecule has 30 heavy (non-hydrogen) atoms. The molecule has 1 aromatic heterocycles. The van der Waals surface area contributed by atoms with Crippen molar-refractivity contribution in [2.75, 3.05) is 37.7 Å². The van der Waals surface area contributed by atoms with E-state index in [1.165, 1.54) is 17.1 Å². The van der Waals surface area contributed by atoms with E-state index < -0.39 is 0 Å². The van der Waals surface area contributed by atoms with Crippen LogP contribution in [0.4, 0.5) is 0 Å². The molecule has 3 heterocycles. The van der Waals surface area contributed by atoms with Crippen LogP contribution in [-0.4, -0.2) is 64.0 Å². The lowest BCUT2D eigenvalue weighted by molar-refractivity contribution is 0.0628. The number of rotatable bonds is 5. The van der Waals surface area contributed by atoms with Gasteiger partial charge in [-0.15, -0.1) is 0 Å². The number of thioether (sulfide) groups is 1. The minimum absolute atomic E-state index is 0.0980. The lowest BCUT2D eigenvalue weighted by Crippen LogP contribution is -2.49. The number of nitrogens with zero attached hydrogens (tertiary/aromatic N) is 3. The van der Waals surface area contributed by atoms with E-state index in [1.807, 2.05) is 54.0 Å². The van der Waals surface area contributed by atoms with Gasteiger partial charge in [0.1, 0.15) is 5.56 Å². The molecule has 1 aromatic carbocycles. The first-order valence-electron chi connectivity index (χ1n) is 11.0. The van der Waals surface area contributed by atoms with E-state index in [-0.39, 0.29) is 11.5 Å². The fourth-order valence-electron chi connectivity index (χ4n) is 4.53. The van der Waals surface area contributed by atoms with Gasteiger partial charge < -0.3 is 9.47 Å². The molecule has 0 saturated carbocycles. The van der Waals surface area contributed by atoms with E-state index in [4.69, 9.17) is 0 Å². The molecule has 1 amide bonds. The first-order chi connectivity index (χ1) is 14.6. The van der Waals surface area contributed by atoms with Crippen LogP contribution in [-0.2, 0) is 13.0 Å². The van der Waals surface area contributed by atoms with Gasteiger partial charge in [-0.05, 0) is 43.4 Å². The van der Waals surface area contributed by atoms with Crippen LogP contribution in [0, 0.1) is 6.92 Å². The number of carbonyl (C=O) groups is 1. The summed E-state index contributed by atoms with van der Waals surface area (Å²) in [7, 11) is 0. The van der Waals surface area contributed by atoms with Crippen molar-refractivity contribution in [1.29, 1.82) is 0 Å². The number of amides is 1. The second kappa shape index (κ2) is 9.84.